The van der Waals surface area contributed by atoms with Crippen molar-refractivity contribution in [2.45, 2.75) is 0 Å². The minimum absolute atomic E-state index is 0.0214. The Labute approximate surface area is 151 Å². The highest BCUT2D eigenvalue weighted by Gasteiger charge is 2.25. The number of hydrogen-bond acceptors (Lipinski definition) is 4. The summed E-state index contributed by atoms with van der Waals surface area (Å²) in [4.78, 5) is 40.3. The minimum atomic E-state index is -0.370. The molecule has 26 heavy (non-hydrogen) atoms. The molecule has 0 spiro atoms. The number of hydrogen-bond donors (Lipinski definition) is 0. The van der Waals surface area contributed by atoms with Crippen molar-refractivity contribution in [1.29, 1.82) is 0 Å². The van der Waals surface area contributed by atoms with Crippen LogP contribution in [0.1, 0.15) is 0 Å². The molecule has 140 valence electrons. The number of carbonyl (C=O) groups excluding carboxylic acids is 3. The van der Waals surface area contributed by atoms with E-state index in [2.05, 4.69) is 6.58 Å². The van der Waals surface area contributed by atoms with Crippen LogP contribution in [0.4, 0.5) is 4.39 Å². The van der Waals surface area contributed by atoms with Gasteiger partial charge in [0.15, 0.2) is 6.61 Å². The van der Waals surface area contributed by atoms with E-state index in [0.717, 1.165) is 6.08 Å². The zero-order valence-electron chi connectivity index (χ0n) is 14.7. The molecule has 0 unspecified atom stereocenters. The summed E-state index contributed by atoms with van der Waals surface area (Å²) in [5.41, 5.74) is 0. The summed E-state index contributed by atoms with van der Waals surface area (Å²) in [6, 6.07) is 5.44. The number of carbonyl (C=O) groups is 3. The number of benzene rings is 1. The molecule has 7 nitrogen and oxygen atoms in total. The molecular formula is C18H22FN3O4. The van der Waals surface area contributed by atoms with Gasteiger partial charge in [0.05, 0.1) is 6.54 Å². The van der Waals surface area contributed by atoms with E-state index < -0.39 is 0 Å². The predicted molar refractivity (Wildman–Crippen MR) is 92.9 cm³/mol. The second kappa shape index (κ2) is 8.98. The molecule has 1 saturated heterocycles. The number of piperazine rings is 1. The lowest BCUT2D eigenvalue weighted by atomic mass is 10.3. The minimum Gasteiger partial charge on any atom is -0.484 e. The predicted octanol–water partition coefficient (Wildman–Crippen LogP) is 0.520. The molecule has 1 heterocycles. The fourth-order valence-corrected chi connectivity index (χ4v) is 2.51. The highest BCUT2D eigenvalue weighted by Crippen LogP contribution is 2.11. The second-order valence-electron chi connectivity index (χ2n) is 5.90. The van der Waals surface area contributed by atoms with Crippen molar-refractivity contribution in [2.24, 2.45) is 0 Å². The zero-order valence-corrected chi connectivity index (χ0v) is 14.7. The first-order valence-electron chi connectivity index (χ1n) is 8.22. The first-order chi connectivity index (χ1) is 12.4. The Morgan fingerprint density at radius 3 is 2.19 bits per heavy atom. The average Bonchev–Trinajstić information content (AvgIpc) is 2.66. The monoisotopic (exact) mass is 363 g/mol. The van der Waals surface area contributed by atoms with Crippen LogP contribution in [0.2, 0.25) is 0 Å². The Kier molecular flexibility index (Phi) is 6.71. The van der Waals surface area contributed by atoms with Crippen molar-refractivity contribution >= 4 is 17.7 Å². The van der Waals surface area contributed by atoms with Gasteiger partial charge in [-0.1, -0.05) is 6.58 Å². The summed E-state index contributed by atoms with van der Waals surface area (Å²) in [6.07, 6.45) is 1.16. The molecular weight excluding hydrogens is 341 g/mol. The van der Waals surface area contributed by atoms with Crippen molar-refractivity contribution in [1.82, 2.24) is 14.7 Å². The smallest absolute Gasteiger partial charge is 0.260 e. The van der Waals surface area contributed by atoms with Crippen LogP contribution in [0.5, 0.6) is 5.75 Å². The van der Waals surface area contributed by atoms with Gasteiger partial charge in [-0.25, -0.2) is 4.39 Å². The van der Waals surface area contributed by atoms with Crippen molar-refractivity contribution in [3.05, 3.63) is 42.7 Å². The number of amides is 3. The number of halogens is 1. The highest BCUT2D eigenvalue weighted by atomic mass is 19.1. The summed E-state index contributed by atoms with van der Waals surface area (Å²) >= 11 is 0. The summed E-state index contributed by atoms with van der Waals surface area (Å²) in [5, 5.41) is 0. The van der Waals surface area contributed by atoms with Gasteiger partial charge < -0.3 is 19.4 Å². The topological polar surface area (TPSA) is 70.2 Å². The van der Waals surface area contributed by atoms with Crippen LogP contribution in [0, 0.1) is 5.82 Å². The quantitative estimate of drug-likeness (QED) is 0.691. The fourth-order valence-electron chi connectivity index (χ4n) is 2.51. The lowest BCUT2D eigenvalue weighted by molar-refractivity contribution is -0.142. The molecule has 0 bridgehead atoms. The summed E-state index contributed by atoms with van der Waals surface area (Å²) in [6.45, 7) is 4.82. The standard InChI is InChI=1S/C18H22FN3O4/c1-3-16(23)20(2)12-17(24)21-8-10-22(11-9-21)18(25)13-26-15-6-4-14(19)5-7-15/h3-7H,1,8-13H2,2H3. The molecule has 0 N–H and O–H groups in total. The zero-order chi connectivity index (χ0) is 19.1. The van der Waals surface area contributed by atoms with Crippen molar-refractivity contribution in [3.8, 4) is 5.75 Å². The van der Waals surface area contributed by atoms with Crippen molar-refractivity contribution in [2.75, 3.05) is 46.4 Å². The Morgan fingerprint density at radius 1 is 1.12 bits per heavy atom. The number of likely N-dealkylation sites (N-methyl/N-ethyl adjacent to an activating group) is 1. The van der Waals surface area contributed by atoms with Gasteiger partial charge in [0.1, 0.15) is 11.6 Å². The van der Waals surface area contributed by atoms with Gasteiger partial charge in [0.25, 0.3) is 5.91 Å². The Balaban J connectivity index is 1.75. The van der Waals surface area contributed by atoms with Gasteiger partial charge in [-0.3, -0.25) is 14.4 Å². The third-order valence-corrected chi connectivity index (χ3v) is 4.08. The number of nitrogens with zero attached hydrogens (tertiary/aromatic N) is 3. The Hall–Kier alpha value is -2.90. The van der Waals surface area contributed by atoms with Crippen LogP contribution >= 0.6 is 0 Å². The maximum Gasteiger partial charge on any atom is 0.260 e. The van der Waals surface area contributed by atoms with E-state index in [0.29, 0.717) is 31.9 Å². The third-order valence-electron chi connectivity index (χ3n) is 4.08. The first kappa shape index (κ1) is 19.4. The Bertz CT molecular complexity index is 670. The normalized spacial score (nSPS) is 13.9. The molecule has 0 radical (unpaired) electrons. The fraction of sp³-hybridized carbons (Fsp3) is 0.389. The maximum atomic E-state index is 12.8. The van der Waals surface area contributed by atoms with E-state index >= 15 is 0 Å². The van der Waals surface area contributed by atoms with E-state index in [1.807, 2.05) is 0 Å². The Morgan fingerprint density at radius 2 is 1.65 bits per heavy atom. The largest absolute Gasteiger partial charge is 0.484 e. The van der Waals surface area contributed by atoms with Crippen molar-refractivity contribution in [3.63, 3.8) is 0 Å². The molecule has 1 aromatic carbocycles. The van der Waals surface area contributed by atoms with Crippen LogP contribution < -0.4 is 4.74 Å². The molecule has 1 aliphatic rings. The molecule has 1 fully saturated rings. The molecule has 0 saturated carbocycles. The van der Waals surface area contributed by atoms with E-state index in [4.69, 9.17) is 4.74 Å². The molecule has 8 heteroatoms. The molecule has 2 rings (SSSR count). The van der Waals surface area contributed by atoms with Crippen LogP contribution in [-0.2, 0) is 14.4 Å². The first-order valence-corrected chi connectivity index (χ1v) is 8.22. The van der Waals surface area contributed by atoms with Gasteiger partial charge in [0.2, 0.25) is 11.8 Å². The third kappa shape index (κ3) is 5.30. The summed E-state index contributed by atoms with van der Waals surface area (Å²) in [5.74, 6) is -0.628. The van der Waals surface area contributed by atoms with Crippen LogP contribution in [0.3, 0.4) is 0 Å². The van der Waals surface area contributed by atoms with Gasteiger partial charge in [0, 0.05) is 33.2 Å². The van der Waals surface area contributed by atoms with E-state index in [1.165, 1.54) is 36.2 Å². The van der Waals surface area contributed by atoms with Crippen LogP contribution in [-0.4, -0.2) is 78.8 Å². The average molecular weight is 363 g/mol. The number of ether oxygens (including phenoxy) is 1. The molecule has 0 atom stereocenters. The van der Waals surface area contributed by atoms with Crippen molar-refractivity contribution < 1.29 is 23.5 Å². The highest BCUT2D eigenvalue weighted by molar-refractivity contribution is 5.90. The maximum absolute atomic E-state index is 12.8. The lowest BCUT2D eigenvalue weighted by Crippen LogP contribution is -2.53. The molecule has 1 aliphatic heterocycles. The second-order valence-corrected chi connectivity index (χ2v) is 5.90. The molecule has 1 aromatic rings. The molecule has 0 aromatic heterocycles. The van der Waals surface area contributed by atoms with Gasteiger partial charge in [-0.15, -0.1) is 0 Å². The van der Waals surface area contributed by atoms with Gasteiger partial charge >= 0.3 is 0 Å². The lowest BCUT2D eigenvalue weighted by Gasteiger charge is -2.35. The van der Waals surface area contributed by atoms with Gasteiger partial charge in [-0.2, -0.15) is 0 Å². The van der Waals surface area contributed by atoms with E-state index in [9.17, 15) is 18.8 Å². The summed E-state index contributed by atoms with van der Waals surface area (Å²) < 4.78 is 18.2. The molecule has 3 amide bonds. The molecule has 0 aliphatic carbocycles. The van der Waals surface area contributed by atoms with Crippen LogP contribution in [0.25, 0.3) is 0 Å². The SMILES string of the molecule is C=CC(=O)N(C)CC(=O)N1CCN(C(=O)COc2ccc(F)cc2)CC1. The van der Waals surface area contributed by atoms with E-state index in [1.54, 1.807) is 9.80 Å². The van der Waals surface area contributed by atoms with E-state index in [-0.39, 0.29) is 36.7 Å². The van der Waals surface area contributed by atoms with Gasteiger partial charge in [-0.05, 0) is 30.3 Å². The number of rotatable bonds is 6. The summed E-state index contributed by atoms with van der Waals surface area (Å²) in [7, 11) is 1.54. The van der Waals surface area contributed by atoms with Crippen LogP contribution in [0.15, 0.2) is 36.9 Å².